The van der Waals surface area contributed by atoms with Crippen LogP contribution in [-0.4, -0.2) is 45.4 Å². The number of benzene rings is 1. The second-order valence-electron chi connectivity index (χ2n) is 4.73. The van der Waals surface area contributed by atoms with Crippen molar-refractivity contribution in [3.05, 3.63) is 35.1 Å². The molecule has 0 aliphatic rings. The number of hydrogen-bond acceptors (Lipinski definition) is 4. The van der Waals surface area contributed by atoms with Crippen LogP contribution in [0.5, 0.6) is 0 Å². The third-order valence-electron chi connectivity index (χ3n) is 3.22. The fourth-order valence-corrected chi connectivity index (χ4v) is 2.10. The van der Waals surface area contributed by atoms with E-state index in [1.165, 1.54) is 12.1 Å². The Bertz CT molecular complexity index is 388. The second-order valence-corrected chi connectivity index (χ2v) is 4.73. The zero-order valence-electron chi connectivity index (χ0n) is 12.4. The molecule has 0 fully saturated rings. The van der Waals surface area contributed by atoms with Crippen molar-refractivity contribution in [1.29, 1.82) is 0 Å². The van der Waals surface area contributed by atoms with Crippen LogP contribution in [0.4, 0.5) is 4.39 Å². The highest BCUT2D eigenvalue weighted by molar-refractivity contribution is 5.27. The molecule has 0 aromatic heterocycles. The molecule has 0 aliphatic carbocycles. The zero-order valence-corrected chi connectivity index (χ0v) is 12.4. The molecule has 0 amide bonds. The van der Waals surface area contributed by atoms with E-state index in [4.69, 9.17) is 15.2 Å². The largest absolute Gasteiger partial charge is 0.385 e. The minimum atomic E-state index is -0.239. The van der Waals surface area contributed by atoms with Crippen LogP contribution >= 0.6 is 0 Å². The summed E-state index contributed by atoms with van der Waals surface area (Å²) < 4.78 is 23.4. The van der Waals surface area contributed by atoms with Gasteiger partial charge in [-0.25, -0.2) is 4.39 Å². The highest BCUT2D eigenvalue weighted by Gasteiger charge is 2.09. The van der Waals surface area contributed by atoms with Crippen molar-refractivity contribution in [1.82, 2.24) is 4.90 Å². The molecule has 0 radical (unpaired) electrons. The van der Waals surface area contributed by atoms with Crippen molar-refractivity contribution in [2.24, 2.45) is 5.73 Å². The molecule has 114 valence electrons. The standard InChI is InChI=1S/C15H25FN2O2/c1-19-8-3-6-18(7-9-20-2)12-13-4-5-15(16)10-14(13)11-17/h4-5,10H,3,6-9,11-12,17H2,1-2H3. The van der Waals surface area contributed by atoms with E-state index in [0.717, 1.165) is 43.8 Å². The summed E-state index contributed by atoms with van der Waals surface area (Å²) >= 11 is 0. The second kappa shape index (κ2) is 9.83. The van der Waals surface area contributed by atoms with Crippen molar-refractivity contribution in [3.8, 4) is 0 Å². The highest BCUT2D eigenvalue weighted by atomic mass is 19.1. The van der Waals surface area contributed by atoms with Crippen LogP contribution in [0, 0.1) is 5.82 Å². The SMILES string of the molecule is COCCCN(CCOC)Cc1ccc(F)cc1CN. The number of ether oxygens (including phenoxy) is 2. The molecule has 0 saturated heterocycles. The number of nitrogens with zero attached hydrogens (tertiary/aromatic N) is 1. The van der Waals surface area contributed by atoms with Gasteiger partial charge >= 0.3 is 0 Å². The lowest BCUT2D eigenvalue weighted by Gasteiger charge is -2.23. The van der Waals surface area contributed by atoms with Crippen molar-refractivity contribution >= 4 is 0 Å². The van der Waals surface area contributed by atoms with Crippen LogP contribution in [0.25, 0.3) is 0 Å². The number of methoxy groups -OCH3 is 2. The number of nitrogens with two attached hydrogens (primary N) is 1. The van der Waals surface area contributed by atoms with Gasteiger partial charge in [0.1, 0.15) is 5.82 Å². The molecule has 1 aromatic rings. The van der Waals surface area contributed by atoms with E-state index < -0.39 is 0 Å². The Morgan fingerprint density at radius 1 is 1.10 bits per heavy atom. The highest BCUT2D eigenvalue weighted by Crippen LogP contribution is 2.14. The van der Waals surface area contributed by atoms with E-state index in [9.17, 15) is 4.39 Å². The first-order valence-electron chi connectivity index (χ1n) is 6.88. The van der Waals surface area contributed by atoms with Crippen LogP contribution in [0.1, 0.15) is 17.5 Å². The maximum absolute atomic E-state index is 13.2. The van der Waals surface area contributed by atoms with Gasteiger partial charge in [0.05, 0.1) is 6.61 Å². The summed E-state index contributed by atoms with van der Waals surface area (Å²) in [5.74, 6) is -0.239. The Morgan fingerprint density at radius 2 is 1.85 bits per heavy atom. The van der Waals surface area contributed by atoms with Gasteiger partial charge in [-0.3, -0.25) is 4.90 Å². The first kappa shape index (κ1) is 17.0. The van der Waals surface area contributed by atoms with Crippen molar-refractivity contribution in [2.45, 2.75) is 19.5 Å². The van der Waals surface area contributed by atoms with E-state index in [1.807, 2.05) is 6.07 Å². The molecule has 0 spiro atoms. The fraction of sp³-hybridized carbons (Fsp3) is 0.600. The molecule has 5 heteroatoms. The Morgan fingerprint density at radius 3 is 2.50 bits per heavy atom. The number of halogens is 1. The average molecular weight is 284 g/mol. The van der Waals surface area contributed by atoms with Crippen LogP contribution in [-0.2, 0) is 22.6 Å². The first-order valence-corrected chi connectivity index (χ1v) is 6.88. The summed E-state index contributed by atoms with van der Waals surface area (Å²) in [5.41, 5.74) is 7.62. The summed E-state index contributed by atoms with van der Waals surface area (Å²) in [6, 6.07) is 4.81. The van der Waals surface area contributed by atoms with Crippen LogP contribution in [0.2, 0.25) is 0 Å². The van der Waals surface area contributed by atoms with Gasteiger partial charge in [-0.05, 0) is 29.7 Å². The quantitative estimate of drug-likeness (QED) is 0.665. The van der Waals surface area contributed by atoms with Crippen molar-refractivity contribution < 1.29 is 13.9 Å². The van der Waals surface area contributed by atoms with Gasteiger partial charge in [0, 0.05) is 47.0 Å². The van der Waals surface area contributed by atoms with E-state index >= 15 is 0 Å². The molecular formula is C15H25FN2O2. The van der Waals surface area contributed by atoms with Crippen molar-refractivity contribution in [2.75, 3.05) is 40.5 Å². The molecular weight excluding hydrogens is 259 g/mol. The van der Waals surface area contributed by atoms with Gasteiger partial charge in [-0.2, -0.15) is 0 Å². The first-order chi connectivity index (χ1) is 9.71. The molecule has 1 rings (SSSR count). The van der Waals surface area contributed by atoms with Gasteiger partial charge < -0.3 is 15.2 Å². The summed E-state index contributed by atoms with van der Waals surface area (Å²) in [6.07, 6.45) is 0.958. The average Bonchev–Trinajstić information content (AvgIpc) is 2.46. The Hall–Kier alpha value is -1.01. The lowest BCUT2D eigenvalue weighted by atomic mass is 10.1. The lowest BCUT2D eigenvalue weighted by Crippen LogP contribution is -2.29. The molecule has 2 N–H and O–H groups in total. The maximum atomic E-state index is 13.2. The molecule has 0 unspecified atom stereocenters. The summed E-state index contributed by atoms with van der Waals surface area (Å²) in [4.78, 5) is 2.27. The van der Waals surface area contributed by atoms with Gasteiger partial charge in [-0.1, -0.05) is 6.07 Å². The lowest BCUT2D eigenvalue weighted by molar-refractivity contribution is 0.129. The third kappa shape index (κ3) is 5.96. The van der Waals surface area contributed by atoms with Gasteiger partial charge in [-0.15, -0.1) is 0 Å². The Kier molecular flexibility index (Phi) is 8.37. The van der Waals surface area contributed by atoms with E-state index in [1.54, 1.807) is 14.2 Å². The smallest absolute Gasteiger partial charge is 0.123 e. The van der Waals surface area contributed by atoms with E-state index in [-0.39, 0.29) is 5.82 Å². The van der Waals surface area contributed by atoms with Gasteiger partial charge in [0.25, 0.3) is 0 Å². The summed E-state index contributed by atoms with van der Waals surface area (Å²) in [7, 11) is 3.39. The van der Waals surface area contributed by atoms with Crippen LogP contribution in [0.15, 0.2) is 18.2 Å². The predicted octanol–water partition coefficient (Wildman–Crippen LogP) is 1.77. The molecule has 20 heavy (non-hydrogen) atoms. The Labute approximate surface area is 120 Å². The maximum Gasteiger partial charge on any atom is 0.123 e. The summed E-state index contributed by atoms with van der Waals surface area (Å²) in [6.45, 7) is 4.26. The molecule has 4 nitrogen and oxygen atoms in total. The molecule has 0 atom stereocenters. The van der Waals surface area contributed by atoms with Crippen LogP contribution < -0.4 is 5.73 Å². The third-order valence-corrected chi connectivity index (χ3v) is 3.22. The fourth-order valence-electron chi connectivity index (χ4n) is 2.10. The minimum absolute atomic E-state index is 0.239. The molecule has 0 bridgehead atoms. The molecule has 0 heterocycles. The van der Waals surface area contributed by atoms with Crippen molar-refractivity contribution in [3.63, 3.8) is 0 Å². The normalized spacial score (nSPS) is 11.2. The van der Waals surface area contributed by atoms with Gasteiger partial charge in [0.2, 0.25) is 0 Å². The predicted molar refractivity (Wildman–Crippen MR) is 77.9 cm³/mol. The van der Waals surface area contributed by atoms with Crippen LogP contribution in [0.3, 0.4) is 0 Å². The number of hydrogen-bond donors (Lipinski definition) is 1. The van der Waals surface area contributed by atoms with E-state index in [0.29, 0.717) is 13.2 Å². The molecule has 1 aromatic carbocycles. The topological polar surface area (TPSA) is 47.7 Å². The molecule has 0 saturated carbocycles. The monoisotopic (exact) mass is 284 g/mol. The van der Waals surface area contributed by atoms with Gasteiger partial charge in [0.15, 0.2) is 0 Å². The summed E-state index contributed by atoms with van der Waals surface area (Å²) in [5, 5.41) is 0. The Balaban J connectivity index is 2.66. The van der Waals surface area contributed by atoms with E-state index in [2.05, 4.69) is 4.90 Å². The molecule has 0 aliphatic heterocycles. The minimum Gasteiger partial charge on any atom is -0.385 e. The zero-order chi connectivity index (χ0) is 14.8. The number of rotatable bonds is 10.